The SMILES string of the molecule is COc1cc(NC(=O)c2cc(C(C)C)nc3c2cnn3C(C)C)cc(OC)c1OC. The lowest BCUT2D eigenvalue weighted by molar-refractivity contribution is 0.102. The van der Waals surface area contributed by atoms with Gasteiger partial charge in [0.05, 0.1) is 38.5 Å². The topological polar surface area (TPSA) is 87.5 Å². The fraction of sp³-hybridized carbons (Fsp3) is 0.409. The fourth-order valence-corrected chi connectivity index (χ4v) is 3.25. The third-order valence-corrected chi connectivity index (χ3v) is 4.83. The van der Waals surface area contributed by atoms with Crippen LogP contribution in [0.15, 0.2) is 24.4 Å². The molecule has 8 heteroatoms. The Morgan fingerprint density at radius 2 is 1.63 bits per heavy atom. The first-order chi connectivity index (χ1) is 14.3. The van der Waals surface area contributed by atoms with Crippen molar-refractivity contribution < 1.29 is 19.0 Å². The van der Waals surface area contributed by atoms with Gasteiger partial charge in [-0.15, -0.1) is 0 Å². The molecule has 2 heterocycles. The number of nitrogens with zero attached hydrogens (tertiary/aromatic N) is 3. The highest BCUT2D eigenvalue weighted by Crippen LogP contribution is 2.40. The number of benzene rings is 1. The second-order valence-corrected chi connectivity index (χ2v) is 7.54. The summed E-state index contributed by atoms with van der Waals surface area (Å²) in [6.45, 7) is 8.16. The fourth-order valence-electron chi connectivity index (χ4n) is 3.25. The van der Waals surface area contributed by atoms with Crippen molar-refractivity contribution >= 4 is 22.6 Å². The number of ether oxygens (including phenoxy) is 3. The third kappa shape index (κ3) is 3.90. The summed E-state index contributed by atoms with van der Waals surface area (Å²) in [6, 6.07) is 5.34. The first-order valence-electron chi connectivity index (χ1n) is 9.80. The molecule has 3 rings (SSSR count). The highest BCUT2D eigenvalue weighted by atomic mass is 16.5. The number of methoxy groups -OCH3 is 3. The maximum Gasteiger partial charge on any atom is 0.256 e. The van der Waals surface area contributed by atoms with Gasteiger partial charge in [0.2, 0.25) is 5.75 Å². The van der Waals surface area contributed by atoms with Gasteiger partial charge in [0, 0.05) is 29.6 Å². The molecular formula is C22H28N4O4. The Labute approximate surface area is 176 Å². The lowest BCUT2D eigenvalue weighted by Crippen LogP contribution is -2.14. The van der Waals surface area contributed by atoms with Crippen molar-refractivity contribution in [1.29, 1.82) is 0 Å². The molecule has 0 saturated carbocycles. The maximum atomic E-state index is 13.2. The number of amides is 1. The Morgan fingerprint density at radius 1 is 1.00 bits per heavy atom. The first kappa shape index (κ1) is 21.4. The molecule has 0 unspecified atom stereocenters. The Bertz CT molecular complexity index is 1050. The minimum atomic E-state index is -0.262. The van der Waals surface area contributed by atoms with Gasteiger partial charge in [-0.25, -0.2) is 9.67 Å². The number of carbonyl (C=O) groups is 1. The summed E-state index contributed by atoms with van der Waals surface area (Å²) < 4.78 is 17.9. The monoisotopic (exact) mass is 412 g/mol. The van der Waals surface area contributed by atoms with E-state index in [0.29, 0.717) is 39.5 Å². The third-order valence-electron chi connectivity index (χ3n) is 4.83. The summed E-state index contributed by atoms with van der Waals surface area (Å²) in [5, 5.41) is 8.08. The van der Waals surface area contributed by atoms with Gasteiger partial charge in [0.15, 0.2) is 17.1 Å². The molecule has 1 aromatic carbocycles. The second kappa shape index (κ2) is 8.61. The minimum absolute atomic E-state index is 0.128. The summed E-state index contributed by atoms with van der Waals surface area (Å²) in [4.78, 5) is 18.0. The molecule has 3 aromatic rings. The summed E-state index contributed by atoms with van der Waals surface area (Å²) in [5.41, 5.74) is 2.58. The van der Waals surface area contributed by atoms with Crippen LogP contribution in [-0.2, 0) is 0 Å². The Morgan fingerprint density at radius 3 is 2.13 bits per heavy atom. The summed E-state index contributed by atoms with van der Waals surface area (Å²) >= 11 is 0. The van der Waals surface area contributed by atoms with Gasteiger partial charge in [-0.05, 0) is 25.8 Å². The Hall–Kier alpha value is -3.29. The molecule has 30 heavy (non-hydrogen) atoms. The zero-order chi connectivity index (χ0) is 22.0. The van der Waals surface area contributed by atoms with Crippen molar-refractivity contribution in [2.24, 2.45) is 0 Å². The van der Waals surface area contributed by atoms with E-state index in [1.165, 1.54) is 21.3 Å². The lowest BCUT2D eigenvalue weighted by atomic mass is 10.0. The Kier molecular flexibility index (Phi) is 6.14. The molecule has 1 N–H and O–H groups in total. The molecule has 8 nitrogen and oxygen atoms in total. The van der Waals surface area contributed by atoms with E-state index in [0.717, 1.165) is 5.69 Å². The number of hydrogen-bond donors (Lipinski definition) is 1. The van der Waals surface area contributed by atoms with E-state index in [-0.39, 0.29) is 17.9 Å². The number of anilines is 1. The molecule has 0 fully saturated rings. The molecule has 0 spiro atoms. The summed E-state index contributed by atoms with van der Waals surface area (Å²) in [5.74, 6) is 1.29. The van der Waals surface area contributed by atoms with Crippen molar-refractivity contribution in [3.05, 3.63) is 35.7 Å². The number of rotatable bonds is 7. The average molecular weight is 412 g/mol. The van der Waals surface area contributed by atoms with Crippen LogP contribution < -0.4 is 19.5 Å². The highest BCUT2D eigenvalue weighted by Gasteiger charge is 2.20. The lowest BCUT2D eigenvalue weighted by Gasteiger charge is -2.15. The van der Waals surface area contributed by atoms with Gasteiger partial charge in [-0.2, -0.15) is 5.10 Å². The van der Waals surface area contributed by atoms with E-state index in [1.54, 1.807) is 18.3 Å². The van der Waals surface area contributed by atoms with Crippen molar-refractivity contribution in [2.45, 2.75) is 39.7 Å². The van der Waals surface area contributed by atoms with E-state index in [2.05, 4.69) is 10.4 Å². The largest absolute Gasteiger partial charge is 0.493 e. The van der Waals surface area contributed by atoms with Gasteiger partial charge in [0.25, 0.3) is 5.91 Å². The van der Waals surface area contributed by atoms with Gasteiger partial charge >= 0.3 is 0 Å². The van der Waals surface area contributed by atoms with E-state index in [1.807, 2.05) is 38.4 Å². The van der Waals surface area contributed by atoms with E-state index >= 15 is 0 Å². The van der Waals surface area contributed by atoms with Crippen LogP contribution in [-0.4, -0.2) is 42.0 Å². The minimum Gasteiger partial charge on any atom is -0.493 e. The predicted molar refractivity (Wildman–Crippen MR) is 116 cm³/mol. The first-order valence-corrected chi connectivity index (χ1v) is 9.80. The summed E-state index contributed by atoms with van der Waals surface area (Å²) in [7, 11) is 4.60. The zero-order valence-corrected chi connectivity index (χ0v) is 18.4. The Balaban J connectivity index is 2.07. The zero-order valence-electron chi connectivity index (χ0n) is 18.4. The van der Waals surface area contributed by atoms with Crippen LogP contribution in [0.4, 0.5) is 5.69 Å². The molecule has 0 radical (unpaired) electrons. The van der Waals surface area contributed by atoms with Crippen LogP contribution in [0.3, 0.4) is 0 Å². The molecule has 0 saturated heterocycles. The van der Waals surface area contributed by atoms with Crippen LogP contribution in [0.2, 0.25) is 0 Å². The van der Waals surface area contributed by atoms with Gasteiger partial charge in [-0.3, -0.25) is 4.79 Å². The van der Waals surface area contributed by atoms with Gasteiger partial charge in [-0.1, -0.05) is 13.8 Å². The normalized spacial score (nSPS) is 11.2. The van der Waals surface area contributed by atoms with Crippen LogP contribution in [0, 0.1) is 0 Å². The number of aromatic nitrogens is 3. The standard InChI is InChI=1S/C22H28N4O4/c1-12(2)17-10-15(16-11-23-26(13(3)4)21(16)25-17)22(27)24-14-8-18(28-5)20(30-7)19(9-14)29-6/h8-13H,1-7H3,(H,24,27). The molecule has 0 aliphatic rings. The summed E-state index contributed by atoms with van der Waals surface area (Å²) in [6.07, 6.45) is 1.69. The highest BCUT2D eigenvalue weighted by molar-refractivity contribution is 6.12. The van der Waals surface area contributed by atoms with E-state index < -0.39 is 0 Å². The molecule has 1 amide bonds. The van der Waals surface area contributed by atoms with Crippen molar-refractivity contribution in [3.63, 3.8) is 0 Å². The van der Waals surface area contributed by atoms with Crippen LogP contribution in [0.25, 0.3) is 11.0 Å². The average Bonchev–Trinajstić information content (AvgIpc) is 3.16. The van der Waals surface area contributed by atoms with E-state index in [9.17, 15) is 4.79 Å². The molecule has 0 aliphatic carbocycles. The van der Waals surface area contributed by atoms with Crippen LogP contribution in [0.5, 0.6) is 17.2 Å². The number of fused-ring (bicyclic) bond motifs is 1. The quantitative estimate of drug-likeness (QED) is 0.618. The molecule has 0 atom stereocenters. The van der Waals surface area contributed by atoms with Crippen molar-refractivity contribution in [1.82, 2.24) is 14.8 Å². The number of nitrogens with one attached hydrogen (secondary N) is 1. The van der Waals surface area contributed by atoms with Gasteiger partial charge in [0.1, 0.15) is 0 Å². The maximum absolute atomic E-state index is 13.2. The number of hydrogen-bond acceptors (Lipinski definition) is 6. The van der Waals surface area contributed by atoms with Crippen molar-refractivity contribution in [2.75, 3.05) is 26.6 Å². The molecular weight excluding hydrogens is 384 g/mol. The molecule has 2 aromatic heterocycles. The predicted octanol–water partition coefficient (Wildman–Crippen LogP) is 4.41. The number of pyridine rings is 1. The molecule has 160 valence electrons. The smallest absolute Gasteiger partial charge is 0.256 e. The van der Waals surface area contributed by atoms with Gasteiger partial charge < -0.3 is 19.5 Å². The molecule has 0 bridgehead atoms. The number of carbonyl (C=O) groups excluding carboxylic acids is 1. The van der Waals surface area contributed by atoms with Crippen molar-refractivity contribution in [3.8, 4) is 17.2 Å². The van der Waals surface area contributed by atoms with E-state index in [4.69, 9.17) is 19.2 Å². The van der Waals surface area contributed by atoms with Crippen LogP contribution >= 0.6 is 0 Å². The second-order valence-electron chi connectivity index (χ2n) is 7.54. The molecule has 0 aliphatic heterocycles. The van der Waals surface area contributed by atoms with Crippen LogP contribution in [0.1, 0.15) is 55.7 Å².